The summed E-state index contributed by atoms with van der Waals surface area (Å²) < 4.78 is 1.11. The van der Waals surface area contributed by atoms with Crippen LogP contribution in [0.15, 0.2) is 0 Å². The highest BCUT2D eigenvalue weighted by Gasteiger charge is 2.33. The van der Waals surface area contributed by atoms with Gasteiger partial charge in [0.2, 0.25) is 0 Å². The molecule has 2 atom stereocenters. The fourth-order valence-electron chi connectivity index (χ4n) is 2.68. The fraction of sp³-hybridized carbons (Fsp3) is 0.529. The molecule has 2 amide bonds. The Morgan fingerprint density at radius 3 is 1.32 bits per heavy atom. The molecule has 0 saturated heterocycles. The maximum absolute atomic E-state index is 12.7. The highest BCUT2D eigenvalue weighted by molar-refractivity contribution is 14.1. The lowest BCUT2D eigenvalue weighted by molar-refractivity contribution is -0.129. The van der Waals surface area contributed by atoms with E-state index in [1.54, 1.807) is 0 Å². The van der Waals surface area contributed by atoms with Crippen molar-refractivity contribution in [3.05, 3.63) is 16.3 Å². The number of amides is 2. The van der Waals surface area contributed by atoms with E-state index in [0.717, 1.165) is 9.80 Å². The molecule has 11 nitrogen and oxygen atoms in total. The summed E-state index contributed by atoms with van der Waals surface area (Å²) >= 11 is 5.61. The molecule has 0 aliphatic heterocycles. The van der Waals surface area contributed by atoms with Crippen molar-refractivity contribution in [2.24, 2.45) is 0 Å². The van der Waals surface area contributed by atoms with E-state index in [1.165, 1.54) is 0 Å². The van der Waals surface area contributed by atoms with E-state index in [4.69, 9.17) is 0 Å². The van der Waals surface area contributed by atoms with Gasteiger partial charge in [-0.25, -0.2) is 0 Å². The zero-order chi connectivity index (χ0) is 23.9. The van der Waals surface area contributed by atoms with Crippen LogP contribution in [-0.4, -0.2) is 99.3 Å². The van der Waals surface area contributed by atoms with Gasteiger partial charge in [-0.2, -0.15) is 0 Å². The molecule has 0 heterocycles. The maximum Gasteiger partial charge on any atom is 0.258 e. The van der Waals surface area contributed by atoms with Crippen molar-refractivity contribution in [2.45, 2.75) is 18.8 Å². The summed E-state index contributed by atoms with van der Waals surface area (Å²) in [6.07, 6.45) is -3.52. The van der Waals surface area contributed by atoms with Crippen molar-refractivity contribution in [1.82, 2.24) is 0 Å². The fourth-order valence-corrected chi connectivity index (χ4v) is 7.35. The van der Waals surface area contributed by atoms with Gasteiger partial charge in [-0.15, -0.1) is 0 Å². The third-order valence-corrected chi connectivity index (χ3v) is 7.50. The van der Waals surface area contributed by atoms with E-state index in [0.29, 0.717) is 16.3 Å². The molecular weight excluding hydrogens is 757 g/mol. The normalized spacial score (nSPS) is 13.1. The molecular formula is C17H23I3N2O9. The molecule has 176 valence electrons. The monoisotopic (exact) mass is 780 g/mol. The van der Waals surface area contributed by atoms with Crippen molar-refractivity contribution in [1.29, 1.82) is 0 Å². The van der Waals surface area contributed by atoms with Crippen LogP contribution in [0.2, 0.25) is 0 Å². The summed E-state index contributed by atoms with van der Waals surface area (Å²) in [6, 6.07) is 0. The molecule has 0 fully saturated rings. The second-order valence-electron chi connectivity index (χ2n) is 6.10. The van der Waals surface area contributed by atoms with Crippen LogP contribution in [0.3, 0.4) is 0 Å². The second-order valence-corrected chi connectivity index (χ2v) is 9.34. The smallest absolute Gasteiger partial charge is 0.258 e. The minimum Gasteiger partial charge on any atom is -0.395 e. The number of aliphatic hydroxyl groups is 7. The van der Waals surface area contributed by atoms with Gasteiger partial charge in [-0.3, -0.25) is 9.59 Å². The summed E-state index contributed by atoms with van der Waals surface area (Å²) in [5, 5.41) is 67.0. The Morgan fingerprint density at radius 2 is 1.06 bits per heavy atom. The predicted molar refractivity (Wildman–Crippen MR) is 136 cm³/mol. The number of rotatable bonds is 11. The van der Waals surface area contributed by atoms with Gasteiger partial charge in [-0.1, -0.05) is 0 Å². The quantitative estimate of drug-likeness (QED) is 0.130. The zero-order valence-electron chi connectivity index (χ0n) is 16.1. The molecule has 0 aliphatic carbocycles. The molecule has 0 radical (unpaired) electrons. The highest BCUT2D eigenvalue weighted by Crippen LogP contribution is 2.42. The Morgan fingerprint density at radius 1 is 0.710 bits per heavy atom. The lowest BCUT2D eigenvalue weighted by Gasteiger charge is -2.32. The molecule has 2 unspecified atom stereocenters. The SMILES string of the molecule is O=C(C(O)CO)N(CCO)c1c(I)c(CO)c(I)c(N(CCO)C(=O)C(O)CO)c1I. The lowest BCUT2D eigenvalue weighted by Crippen LogP contribution is -2.45. The van der Waals surface area contributed by atoms with E-state index in [9.17, 15) is 45.3 Å². The summed E-state index contributed by atoms with van der Waals surface area (Å²) in [4.78, 5) is 27.4. The van der Waals surface area contributed by atoms with Gasteiger partial charge in [-0.05, 0) is 67.8 Å². The summed E-state index contributed by atoms with van der Waals surface area (Å²) in [5.41, 5.74) is 0.665. The molecule has 0 aromatic heterocycles. The van der Waals surface area contributed by atoms with Crippen LogP contribution in [-0.2, 0) is 16.2 Å². The molecule has 14 heteroatoms. The number of nitrogens with zero attached hydrogens (tertiary/aromatic N) is 2. The van der Waals surface area contributed by atoms with Crippen molar-refractivity contribution >= 4 is 91.0 Å². The summed E-state index contributed by atoms with van der Waals surface area (Å²) in [7, 11) is 0. The number of benzene rings is 1. The van der Waals surface area contributed by atoms with Crippen LogP contribution in [0.4, 0.5) is 11.4 Å². The number of halogens is 3. The number of hydrogen-bond acceptors (Lipinski definition) is 9. The minimum atomic E-state index is -1.76. The van der Waals surface area contributed by atoms with E-state index in [2.05, 4.69) is 0 Å². The molecule has 7 N–H and O–H groups in total. The van der Waals surface area contributed by atoms with Crippen molar-refractivity contribution < 1.29 is 45.3 Å². The third kappa shape index (κ3) is 6.57. The van der Waals surface area contributed by atoms with Gasteiger partial charge in [0.05, 0.1) is 48.0 Å². The largest absolute Gasteiger partial charge is 0.395 e. The van der Waals surface area contributed by atoms with Crippen molar-refractivity contribution in [3.8, 4) is 0 Å². The van der Waals surface area contributed by atoms with Gasteiger partial charge in [0.15, 0.2) is 12.2 Å². The highest BCUT2D eigenvalue weighted by atomic mass is 127. The van der Waals surface area contributed by atoms with Crippen LogP contribution in [0.25, 0.3) is 0 Å². The first kappa shape index (κ1) is 29.1. The van der Waals surface area contributed by atoms with Gasteiger partial charge < -0.3 is 45.5 Å². The van der Waals surface area contributed by atoms with Gasteiger partial charge in [0.25, 0.3) is 11.8 Å². The van der Waals surface area contributed by atoms with Gasteiger partial charge in [0.1, 0.15) is 0 Å². The topological polar surface area (TPSA) is 182 Å². The number of hydrogen-bond donors (Lipinski definition) is 7. The Labute approximate surface area is 219 Å². The van der Waals surface area contributed by atoms with E-state index < -0.39 is 57.1 Å². The maximum atomic E-state index is 12.7. The van der Waals surface area contributed by atoms with Crippen LogP contribution in [0, 0.1) is 10.7 Å². The summed E-state index contributed by atoms with van der Waals surface area (Å²) in [5.74, 6) is -1.81. The minimum absolute atomic E-state index is 0.168. The molecule has 0 spiro atoms. The van der Waals surface area contributed by atoms with Crippen molar-refractivity contribution in [2.75, 3.05) is 49.3 Å². The predicted octanol–water partition coefficient (Wildman–Crippen LogP) is -1.65. The van der Waals surface area contributed by atoms with E-state index >= 15 is 0 Å². The van der Waals surface area contributed by atoms with Crippen molar-refractivity contribution in [3.63, 3.8) is 0 Å². The summed E-state index contributed by atoms with van der Waals surface area (Å²) in [6.45, 7) is -3.64. The van der Waals surface area contributed by atoms with E-state index in [1.807, 2.05) is 67.8 Å². The average molecular weight is 780 g/mol. The second kappa shape index (κ2) is 13.7. The van der Waals surface area contributed by atoms with Gasteiger partial charge in [0, 0.05) is 25.8 Å². The Hall–Kier alpha value is 0.0700. The molecule has 31 heavy (non-hydrogen) atoms. The average Bonchev–Trinajstić information content (AvgIpc) is 2.75. The number of aliphatic hydroxyl groups excluding tert-OH is 7. The number of anilines is 2. The van der Waals surface area contributed by atoms with Crippen LogP contribution in [0.5, 0.6) is 0 Å². The Balaban J connectivity index is 3.90. The molecule has 1 rings (SSSR count). The van der Waals surface area contributed by atoms with Crippen LogP contribution < -0.4 is 9.80 Å². The van der Waals surface area contributed by atoms with E-state index in [-0.39, 0.29) is 24.5 Å². The van der Waals surface area contributed by atoms with Crippen LogP contribution >= 0.6 is 67.8 Å². The standard InChI is InChI=1S/C17H23I3N2O9/c18-11-8(5-25)12(19)15(22(2-4-24)17(31)10(29)7-27)13(20)14(11)21(1-3-23)16(30)9(28)6-26/h9-10,23-29H,1-7H2. The Bertz CT molecular complexity index is 738. The first-order valence-electron chi connectivity index (χ1n) is 8.85. The molecule has 1 aromatic rings. The molecule has 0 saturated carbocycles. The number of carbonyl (C=O) groups excluding carboxylic acids is 2. The molecule has 0 aliphatic rings. The first-order chi connectivity index (χ1) is 14.6. The first-order valence-corrected chi connectivity index (χ1v) is 12.1. The number of carbonyl (C=O) groups is 2. The Kier molecular flexibility index (Phi) is 12.9. The van der Waals surface area contributed by atoms with Gasteiger partial charge >= 0.3 is 0 Å². The lowest BCUT2D eigenvalue weighted by atomic mass is 10.1. The van der Waals surface area contributed by atoms with Crippen LogP contribution in [0.1, 0.15) is 5.56 Å². The molecule has 0 bridgehead atoms. The zero-order valence-corrected chi connectivity index (χ0v) is 22.6. The third-order valence-electron chi connectivity index (χ3n) is 4.15. The molecule has 1 aromatic carbocycles.